The summed E-state index contributed by atoms with van der Waals surface area (Å²) in [5, 5.41) is 15.8. The van der Waals surface area contributed by atoms with Crippen molar-refractivity contribution in [2.45, 2.75) is 0 Å². The smallest absolute Gasteiger partial charge is 0.270 e. The molecule has 0 saturated carbocycles. The number of hydrogen-bond acceptors (Lipinski definition) is 6. The minimum absolute atomic E-state index is 0.0337. The number of rotatable bonds is 4. The van der Waals surface area contributed by atoms with Crippen LogP contribution in [0.2, 0.25) is 10.0 Å². The Balaban J connectivity index is 1.56. The summed E-state index contributed by atoms with van der Waals surface area (Å²) >= 11 is 13.6. The highest BCUT2D eigenvalue weighted by atomic mass is 35.5. The molecule has 0 aliphatic heterocycles. The van der Waals surface area contributed by atoms with E-state index in [1.807, 2.05) is 24.3 Å². The normalized spacial score (nSPS) is 11.1. The predicted octanol–water partition coefficient (Wildman–Crippen LogP) is 6.98. The number of para-hydroxylation sites is 1. The van der Waals surface area contributed by atoms with Gasteiger partial charge in [-0.05, 0) is 36.4 Å². The summed E-state index contributed by atoms with van der Waals surface area (Å²) in [6.45, 7) is 0. The van der Waals surface area contributed by atoms with Crippen molar-refractivity contribution in [3.8, 4) is 11.3 Å². The summed E-state index contributed by atoms with van der Waals surface area (Å²) in [4.78, 5) is 32.9. The minimum Gasteiger partial charge on any atom is -0.298 e. The number of fused-ring (bicyclic) bond motifs is 2. The van der Waals surface area contributed by atoms with Crippen LogP contribution in [0.1, 0.15) is 10.4 Å². The monoisotopic (exact) mass is 494 g/mol. The average Bonchev–Trinajstić information content (AvgIpc) is 3.19. The second-order valence-electron chi connectivity index (χ2n) is 7.08. The van der Waals surface area contributed by atoms with Crippen molar-refractivity contribution in [3.63, 3.8) is 0 Å². The van der Waals surface area contributed by atoms with Crippen LogP contribution < -0.4 is 5.32 Å². The van der Waals surface area contributed by atoms with Crippen LogP contribution in [0.4, 0.5) is 10.8 Å². The lowest BCUT2D eigenvalue weighted by molar-refractivity contribution is -0.384. The lowest BCUT2D eigenvalue weighted by atomic mass is 10.0. The lowest BCUT2D eigenvalue weighted by Gasteiger charge is -2.11. The van der Waals surface area contributed by atoms with Gasteiger partial charge in [0.25, 0.3) is 11.6 Å². The largest absolute Gasteiger partial charge is 0.298 e. The molecule has 2 aromatic heterocycles. The highest BCUT2D eigenvalue weighted by Gasteiger charge is 2.18. The molecule has 2 heterocycles. The van der Waals surface area contributed by atoms with Gasteiger partial charge < -0.3 is 0 Å². The highest BCUT2D eigenvalue weighted by Crippen LogP contribution is 2.33. The summed E-state index contributed by atoms with van der Waals surface area (Å²) in [5.74, 6) is -0.381. The van der Waals surface area contributed by atoms with Gasteiger partial charge in [-0.3, -0.25) is 20.2 Å². The van der Waals surface area contributed by atoms with Crippen molar-refractivity contribution in [3.05, 3.63) is 92.5 Å². The molecule has 0 aliphatic rings. The third-order valence-corrected chi connectivity index (χ3v) is 6.45. The van der Waals surface area contributed by atoms with E-state index in [4.69, 9.17) is 23.2 Å². The Morgan fingerprint density at radius 3 is 2.58 bits per heavy atom. The van der Waals surface area contributed by atoms with E-state index in [9.17, 15) is 14.9 Å². The number of pyridine rings is 1. The fraction of sp³-hybridized carbons (Fsp3) is 0. The third kappa shape index (κ3) is 4.11. The Hall–Kier alpha value is -3.59. The minimum atomic E-state index is -0.468. The van der Waals surface area contributed by atoms with Gasteiger partial charge >= 0.3 is 0 Å². The molecule has 0 atom stereocenters. The molecule has 7 nitrogen and oxygen atoms in total. The molecule has 0 spiro atoms. The number of nitrogens with zero attached hydrogens (tertiary/aromatic N) is 3. The van der Waals surface area contributed by atoms with E-state index in [0.717, 1.165) is 11.3 Å². The molecular weight excluding hydrogens is 483 g/mol. The van der Waals surface area contributed by atoms with E-state index in [0.29, 0.717) is 53.1 Å². The van der Waals surface area contributed by atoms with Crippen LogP contribution in [-0.4, -0.2) is 20.8 Å². The van der Waals surface area contributed by atoms with E-state index in [1.165, 1.54) is 12.1 Å². The molecule has 3 aromatic carbocycles. The number of nitrogens with one attached hydrogen (secondary N) is 1. The van der Waals surface area contributed by atoms with Crippen molar-refractivity contribution >= 4 is 72.4 Å². The molecule has 1 N–H and O–H groups in total. The maximum Gasteiger partial charge on any atom is 0.270 e. The Morgan fingerprint density at radius 1 is 0.970 bits per heavy atom. The summed E-state index contributed by atoms with van der Waals surface area (Å²) < 4.78 is 0.604. The second kappa shape index (κ2) is 8.40. The molecule has 33 heavy (non-hydrogen) atoms. The molecular formula is C23H12Cl2N4O3S. The van der Waals surface area contributed by atoms with E-state index in [2.05, 4.69) is 15.3 Å². The second-order valence-corrected chi connectivity index (χ2v) is 8.95. The number of hydrogen-bond donors (Lipinski definition) is 1. The Morgan fingerprint density at radius 2 is 1.79 bits per heavy atom. The van der Waals surface area contributed by atoms with Crippen molar-refractivity contribution in [2.24, 2.45) is 0 Å². The number of halogens is 2. The number of nitro groups is 1. The fourth-order valence-corrected chi connectivity index (χ4v) is 4.84. The first kappa shape index (κ1) is 21.3. The lowest BCUT2D eigenvalue weighted by Crippen LogP contribution is -2.13. The van der Waals surface area contributed by atoms with E-state index >= 15 is 0 Å². The third-order valence-electron chi connectivity index (χ3n) is 4.97. The number of carbonyl (C=O) groups excluding carboxylic acids is 1. The standard InChI is InChI=1S/C23H12Cl2N4O3S/c24-12-5-7-15(17(25)9-12)20-11-16(14-3-1-2-4-18(14)26-20)22(30)28-23-27-19-8-6-13(29(31)32)10-21(19)33-23/h1-11H,(H,27,28,30). The highest BCUT2D eigenvalue weighted by molar-refractivity contribution is 7.22. The van der Waals surface area contributed by atoms with Gasteiger partial charge in [-0.25, -0.2) is 9.97 Å². The Bertz CT molecular complexity index is 1590. The van der Waals surface area contributed by atoms with Crippen LogP contribution in [0.5, 0.6) is 0 Å². The zero-order valence-electron chi connectivity index (χ0n) is 16.6. The van der Waals surface area contributed by atoms with Crippen LogP contribution in [0.25, 0.3) is 32.4 Å². The summed E-state index contributed by atoms with van der Waals surface area (Å²) in [6, 6.07) is 18.4. The van der Waals surface area contributed by atoms with E-state index < -0.39 is 4.92 Å². The van der Waals surface area contributed by atoms with E-state index in [-0.39, 0.29) is 11.6 Å². The van der Waals surface area contributed by atoms with Crippen LogP contribution in [0.3, 0.4) is 0 Å². The molecule has 10 heteroatoms. The SMILES string of the molecule is O=C(Nc1nc2ccc([N+](=O)[O-])cc2s1)c1cc(-c2ccc(Cl)cc2Cl)nc2ccccc12. The number of aromatic nitrogens is 2. The molecule has 0 radical (unpaired) electrons. The van der Waals surface area contributed by atoms with Gasteiger partial charge in [-0.15, -0.1) is 0 Å². The maximum absolute atomic E-state index is 13.3. The molecule has 0 aliphatic carbocycles. The van der Waals surface area contributed by atoms with Gasteiger partial charge in [0.15, 0.2) is 5.13 Å². The van der Waals surface area contributed by atoms with Gasteiger partial charge in [0.1, 0.15) is 0 Å². The van der Waals surface area contributed by atoms with E-state index in [1.54, 1.807) is 30.3 Å². The molecule has 5 aromatic rings. The zero-order valence-corrected chi connectivity index (χ0v) is 18.9. The van der Waals surface area contributed by atoms with Gasteiger partial charge in [0.2, 0.25) is 0 Å². The molecule has 0 bridgehead atoms. The molecule has 0 saturated heterocycles. The summed E-state index contributed by atoms with van der Waals surface area (Å²) in [7, 11) is 0. The van der Waals surface area contributed by atoms with Gasteiger partial charge in [0.05, 0.1) is 36.9 Å². The predicted molar refractivity (Wildman–Crippen MR) is 131 cm³/mol. The first-order chi connectivity index (χ1) is 15.9. The molecule has 0 unspecified atom stereocenters. The molecule has 0 fully saturated rings. The maximum atomic E-state index is 13.3. The molecule has 1 amide bonds. The first-order valence-corrected chi connectivity index (χ1v) is 11.2. The van der Waals surface area contributed by atoms with Crippen molar-refractivity contribution < 1.29 is 9.72 Å². The van der Waals surface area contributed by atoms with Crippen LogP contribution in [0.15, 0.2) is 66.7 Å². The number of benzene rings is 3. The number of non-ortho nitro benzene ring substituents is 1. The Labute approximate surface area is 200 Å². The molecule has 162 valence electrons. The topological polar surface area (TPSA) is 98.0 Å². The average molecular weight is 495 g/mol. The first-order valence-electron chi connectivity index (χ1n) is 9.60. The number of carbonyl (C=O) groups is 1. The summed E-state index contributed by atoms with van der Waals surface area (Å²) in [5.41, 5.74) is 2.73. The van der Waals surface area contributed by atoms with Crippen LogP contribution in [0, 0.1) is 10.1 Å². The van der Waals surface area contributed by atoms with Crippen LogP contribution in [-0.2, 0) is 0 Å². The van der Waals surface area contributed by atoms with Crippen molar-refractivity contribution in [1.29, 1.82) is 0 Å². The fourth-order valence-electron chi connectivity index (χ4n) is 3.44. The van der Waals surface area contributed by atoms with Gasteiger partial charge in [-0.1, -0.05) is 52.7 Å². The number of anilines is 1. The van der Waals surface area contributed by atoms with Crippen molar-refractivity contribution in [1.82, 2.24) is 9.97 Å². The zero-order chi connectivity index (χ0) is 23.1. The van der Waals surface area contributed by atoms with Crippen molar-refractivity contribution in [2.75, 3.05) is 5.32 Å². The summed E-state index contributed by atoms with van der Waals surface area (Å²) in [6.07, 6.45) is 0. The van der Waals surface area contributed by atoms with Gasteiger partial charge in [-0.2, -0.15) is 0 Å². The number of thiazole rings is 1. The number of amides is 1. The van der Waals surface area contributed by atoms with Gasteiger partial charge in [0, 0.05) is 28.1 Å². The quantitative estimate of drug-likeness (QED) is 0.214. The number of nitro benzene ring substituents is 1. The Kier molecular flexibility index (Phi) is 5.41. The molecule has 5 rings (SSSR count). The van der Waals surface area contributed by atoms with Crippen LogP contribution >= 0.6 is 34.5 Å².